The molecule has 9 nitrogen and oxygen atoms in total. The quantitative estimate of drug-likeness (QED) is 0.545. The number of morpholine rings is 1. The lowest BCUT2D eigenvalue weighted by Crippen LogP contribution is -2.59. The molecular formula is C25H26N4O5S2. The summed E-state index contributed by atoms with van der Waals surface area (Å²) in [6, 6.07) is 10.8. The zero-order valence-electron chi connectivity index (χ0n) is 19.6. The average molecular weight is 527 g/mol. The molecule has 188 valence electrons. The molecule has 0 atom stereocenters. The van der Waals surface area contributed by atoms with Gasteiger partial charge in [0.05, 0.1) is 32.8 Å². The van der Waals surface area contributed by atoms with Crippen LogP contribution in [0.3, 0.4) is 0 Å². The Balaban J connectivity index is 1.16. The van der Waals surface area contributed by atoms with Gasteiger partial charge >= 0.3 is 0 Å². The first-order valence-corrected chi connectivity index (χ1v) is 14.2. The monoisotopic (exact) mass is 526 g/mol. The fraction of sp³-hybridized carbons (Fsp3) is 0.400. The molecule has 0 radical (unpaired) electrons. The molecule has 1 saturated carbocycles. The Morgan fingerprint density at radius 2 is 1.86 bits per heavy atom. The number of amides is 2. The second-order valence-electron chi connectivity index (χ2n) is 9.74. The molecule has 2 aromatic heterocycles. The van der Waals surface area contributed by atoms with Crippen molar-refractivity contribution in [3.05, 3.63) is 48.2 Å². The van der Waals surface area contributed by atoms with Crippen molar-refractivity contribution in [2.45, 2.75) is 42.2 Å². The van der Waals surface area contributed by atoms with Crippen molar-refractivity contribution in [3.63, 3.8) is 0 Å². The first-order valence-electron chi connectivity index (χ1n) is 12.0. The predicted octanol–water partition coefficient (Wildman–Crippen LogP) is 2.61. The van der Waals surface area contributed by atoms with Crippen LogP contribution >= 0.6 is 11.3 Å². The van der Waals surface area contributed by atoms with E-state index in [4.69, 9.17) is 10.5 Å². The Kier molecular flexibility index (Phi) is 5.63. The number of fused-ring (bicyclic) bond motifs is 1. The topological polar surface area (TPSA) is 123 Å². The number of rotatable bonds is 5. The van der Waals surface area contributed by atoms with Gasteiger partial charge in [-0.25, -0.2) is 8.42 Å². The van der Waals surface area contributed by atoms with Gasteiger partial charge < -0.3 is 15.4 Å². The summed E-state index contributed by atoms with van der Waals surface area (Å²) in [4.78, 5) is 31.0. The zero-order valence-corrected chi connectivity index (χ0v) is 21.2. The van der Waals surface area contributed by atoms with Crippen molar-refractivity contribution >= 4 is 43.4 Å². The lowest BCUT2D eigenvalue weighted by atomic mass is 9.90. The lowest BCUT2D eigenvalue weighted by molar-refractivity contribution is -0.170. The molecule has 0 unspecified atom stereocenters. The number of piperidine rings is 1. The summed E-state index contributed by atoms with van der Waals surface area (Å²) in [5.41, 5.74) is 6.88. The first kappa shape index (κ1) is 23.5. The Labute approximate surface area is 212 Å². The summed E-state index contributed by atoms with van der Waals surface area (Å²) in [7, 11) is -3.65. The van der Waals surface area contributed by atoms with Gasteiger partial charge in [-0.05, 0) is 55.5 Å². The number of thiophene rings is 1. The Morgan fingerprint density at radius 3 is 2.53 bits per heavy atom. The molecule has 6 rings (SSSR count). The third-order valence-electron chi connectivity index (χ3n) is 7.33. The standard InChI is InChI=1S/C25H26N4O5S2/c26-24(31)17-11-22-20(27-13-17)12-21(35-22)16-1-5-19(6-2-16)36(32,33)28-9-7-25(8-10-28)15-29(18-3-4-18)23(30)14-34-25/h1-2,5-6,11-13,18H,3-4,7-10,14-15H2,(H2,26,31). The van der Waals surface area contributed by atoms with Crippen molar-refractivity contribution in [2.24, 2.45) is 5.73 Å². The smallest absolute Gasteiger partial charge is 0.250 e. The van der Waals surface area contributed by atoms with Gasteiger partial charge in [0.15, 0.2) is 0 Å². The molecule has 2 amide bonds. The first-order chi connectivity index (χ1) is 17.2. The molecule has 3 aliphatic rings. The third-order valence-corrected chi connectivity index (χ3v) is 10.4. The van der Waals surface area contributed by atoms with Crippen LogP contribution in [0.25, 0.3) is 20.7 Å². The van der Waals surface area contributed by atoms with Crippen LogP contribution in [0, 0.1) is 0 Å². The largest absolute Gasteiger partial charge is 0.366 e. The number of aromatic nitrogens is 1. The van der Waals surface area contributed by atoms with E-state index >= 15 is 0 Å². The van der Waals surface area contributed by atoms with Crippen molar-refractivity contribution < 1.29 is 22.7 Å². The molecule has 2 saturated heterocycles. The van der Waals surface area contributed by atoms with Gasteiger partial charge in [0.2, 0.25) is 21.8 Å². The van der Waals surface area contributed by atoms with Gasteiger partial charge in [0.25, 0.3) is 0 Å². The van der Waals surface area contributed by atoms with Crippen molar-refractivity contribution in [2.75, 3.05) is 26.2 Å². The van der Waals surface area contributed by atoms with E-state index in [1.807, 2.05) is 11.0 Å². The van der Waals surface area contributed by atoms with Crippen molar-refractivity contribution in [1.29, 1.82) is 0 Å². The number of nitrogens with two attached hydrogens (primary N) is 1. The Hall–Kier alpha value is -2.86. The fourth-order valence-electron chi connectivity index (χ4n) is 5.03. The van der Waals surface area contributed by atoms with E-state index in [0.717, 1.165) is 33.5 Å². The van der Waals surface area contributed by atoms with Gasteiger partial charge in [-0.3, -0.25) is 14.6 Å². The highest BCUT2D eigenvalue weighted by Crippen LogP contribution is 2.38. The third kappa shape index (κ3) is 4.19. The number of carbonyl (C=O) groups is 2. The fourth-order valence-corrected chi connectivity index (χ4v) is 7.54. The summed E-state index contributed by atoms with van der Waals surface area (Å²) in [6.07, 6.45) is 4.69. The highest BCUT2D eigenvalue weighted by Gasteiger charge is 2.47. The summed E-state index contributed by atoms with van der Waals surface area (Å²) in [5, 5.41) is 0. The van der Waals surface area contributed by atoms with Crippen molar-refractivity contribution in [1.82, 2.24) is 14.2 Å². The van der Waals surface area contributed by atoms with E-state index in [2.05, 4.69) is 4.98 Å². The molecule has 2 N–H and O–H groups in total. The minimum absolute atomic E-state index is 0.0426. The number of hydrogen-bond acceptors (Lipinski definition) is 7. The molecular weight excluding hydrogens is 500 g/mol. The van der Waals surface area contributed by atoms with Gasteiger partial charge in [0.1, 0.15) is 6.61 Å². The summed E-state index contributed by atoms with van der Waals surface area (Å²) < 4.78 is 35.0. The van der Waals surface area contributed by atoms with E-state index in [-0.39, 0.29) is 17.4 Å². The minimum atomic E-state index is -3.65. The Morgan fingerprint density at radius 1 is 1.14 bits per heavy atom. The lowest BCUT2D eigenvalue weighted by Gasteiger charge is -2.46. The van der Waals surface area contributed by atoms with E-state index in [9.17, 15) is 18.0 Å². The van der Waals surface area contributed by atoms with Crippen LogP contribution in [-0.4, -0.2) is 72.3 Å². The molecule has 1 aliphatic carbocycles. The molecule has 4 heterocycles. The van der Waals surface area contributed by atoms with E-state index < -0.39 is 21.5 Å². The molecule has 11 heteroatoms. The van der Waals surface area contributed by atoms with Crippen LogP contribution in [0.2, 0.25) is 0 Å². The number of pyridine rings is 1. The van der Waals surface area contributed by atoms with Crippen LogP contribution in [-0.2, 0) is 19.6 Å². The summed E-state index contributed by atoms with van der Waals surface area (Å²) in [5.74, 6) is -0.484. The van der Waals surface area contributed by atoms with Crippen LogP contribution in [0.1, 0.15) is 36.0 Å². The van der Waals surface area contributed by atoms with Crippen LogP contribution in [0.4, 0.5) is 0 Å². The number of ether oxygens (including phenoxy) is 1. The molecule has 1 aromatic carbocycles. The van der Waals surface area contributed by atoms with Crippen molar-refractivity contribution in [3.8, 4) is 10.4 Å². The van der Waals surface area contributed by atoms with Crippen LogP contribution < -0.4 is 5.73 Å². The Bertz CT molecular complexity index is 1460. The summed E-state index contributed by atoms with van der Waals surface area (Å²) in [6.45, 7) is 1.37. The molecule has 3 fully saturated rings. The zero-order chi connectivity index (χ0) is 25.1. The number of nitrogens with zero attached hydrogens (tertiary/aromatic N) is 3. The molecule has 2 aliphatic heterocycles. The molecule has 36 heavy (non-hydrogen) atoms. The number of sulfonamides is 1. The van der Waals surface area contributed by atoms with Gasteiger partial charge in [0, 0.05) is 30.2 Å². The number of hydrogen-bond donors (Lipinski definition) is 1. The summed E-state index contributed by atoms with van der Waals surface area (Å²) >= 11 is 1.47. The molecule has 1 spiro atoms. The number of carbonyl (C=O) groups excluding carboxylic acids is 2. The maximum absolute atomic E-state index is 13.4. The van der Waals surface area contributed by atoms with Gasteiger partial charge in [-0.2, -0.15) is 4.31 Å². The van der Waals surface area contributed by atoms with Gasteiger partial charge in [-0.1, -0.05) is 12.1 Å². The maximum Gasteiger partial charge on any atom is 0.250 e. The number of benzene rings is 1. The minimum Gasteiger partial charge on any atom is -0.366 e. The number of primary amides is 1. The molecule has 0 bridgehead atoms. The van der Waals surface area contributed by atoms with Crippen LogP contribution in [0.5, 0.6) is 0 Å². The van der Waals surface area contributed by atoms with E-state index in [1.165, 1.54) is 21.8 Å². The van der Waals surface area contributed by atoms with Crippen LogP contribution in [0.15, 0.2) is 47.5 Å². The second kappa shape index (κ2) is 8.62. The second-order valence-corrected chi connectivity index (χ2v) is 12.8. The highest BCUT2D eigenvalue weighted by molar-refractivity contribution is 7.89. The normalized spacial score (nSPS) is 20.8. The predicted molar refractivity (Wildman–Crippen MR) is 135 cm³/mol. The average Bonchev–Trinajstić information content (AvgIpc) is 3.63. The van der Waals surface area contributed by atoms with E-state index in [1.54, 1.807) is 30.3 Å². The molecule has 3 aromatic rings. The maximum atomic E-state index is 13.4. The highest BCUT2D eigenvalue weighted by atomic mass is 32.2. The van der Waals surface area contributed by atoms with Gasteiger partial charge in [-0.15, -0.1) is 11.3 Å². The SMILES string of the molecule is NC(=O)c1cnc2cc(-c3ccc(S(=O)(=O)N4CCC5(CC4)CN(C4CC4)C(=O)CO5)cc3)sc2c1. The van der Waals surface area contributed by atoms with E-state index in [0.29, 0.717) is 44.1 Å².